The van der Waals surface area contributed by atoms with Crippen LogP contribution in [0, 0.1) is 0 Å². The molecule has 0 saturated carbocycles. The number of rotatable bonds is 3. The Morgan fingerprint density at radius 3 is 3.05 bits per heavy atom. The predicted octanol–water partition coefficient (Wildman–Crippen LogP) is 3.13. The van der Waals surface area contributed by atoms with Crippen LogP contribution >= 0.6 is 34.9 Å². The lowest BCUT2D eigenvalue weighted by atomic mass is 10.2. The Balaban J connectivity index is 1.74. The van der Waals surface area contributed by atoms with Crippen LogP contribution in [0.1, 0.15) is 13.3 Å². The number of nitrogens with two attached hydrogens (primary N) is 1. The van der Waals surface area contributed by atoms with Gasteiger partial charge in [0, 0.05) is 16.7 Å². The highest BCUT2D eigenvalue weighted by atomic mass is 32.2. The second-order valence-electron chi connectivity index (χ2n) is 4.93. The number of carbonyl (C=O) groups is 1. The number of nitrogens with zero attached hydrogens (tertiary/aromatic N) is 3. The predicted molar refractivity (Wildman–Crippen MR) is 93.8 cm³/mol. The van der Waals surface area contributed by atoms with Crippen LogP contribution in [0.5, 0.6) is 0 Å². The van der Waals surface area contributed by atoms with Crippen molar-refractivity contribution in [2.24, 2.45) is 0 Å². The van der Waals surface area contributed by atoms with Crippen molar-refractivity contribution in [1.82, 2.24) is 10.2 Å². The molecule has 0 unspecified atom stereocenters. The average molecular weight is 353 g/mol. The highest BCUT2D eigenvalue weighted by Gasteiger charge is 2.24. The lowest BCUT2D eigenvalue weighted by Gasteiger charge is -2.22. The number of amides is 1. The van der Waals surface area contributed by atoms with E-state index in [0.29, 0.717) is 16.1 Å². The van der Waals surface area contributed by atoms with Gasteiger partial charge in [-0.1, -0.05) is 42.2 Å². The fourth-order valence-electron chi connectivity index (χ4n) is 2.23. The van der Waals surface area contributed by atoms with Crippen molar-refractivity contribution in [2.75, 3.05) is 22.9 Å². The van der Waals surface area contributed by atoms with Crippen molar-refractivity contribution >= 4 is 51.6 Å². The minimum absolute atomic E-state index is 0.0981. The average Bonchev–Trinajstić information content (AvgIpc) is 2.84. The van der Waals surface area contributed by atoms with Gasteiger partial charge >= 0.3 is 0 Å². The number of hydrogen-bond donors (Lipinski definition) is 1. The smallest absolute Gasteiger partial charge is 0.237 e. The molecule has 0 fully saturated rings. The van der Waals surface area contributed by atoms with Gasteiger partial charge in [0.1, 0.15) is 0 Å². The van der Waals surface area contributed by atoms with E-state index in [9.17, 15) is 4.79 Å². The van der Waals surface area contributed by atoms with Gasteiger partial charge in [0.05, 0.1) is 11.4 Å². The third-order valence-corrected chi connectivity index (χ3v) is 6.39. The van der Waals surface area contributed by atoms with Crippen LogP contribution in [-0.2, 0) is 4.79 Å². The highest BCUT2D eigenvalue weighted by Crippen LogP contribution is 2.37. The molecule has 0 bridgehead atoms. The first-order valence-corrected chi connectivity index (χ1v) is 9.59. The number of anilines is 2. The molecular weight excluding hydrogens is 336 g/mol. The third kappa shape index (κ3) is 3.56. The normalized spacial score (nSPS) is 17.9. The Morgan fingerprint density at radius 1 is 1.45 bits per heavy atom. The van der Waals surface area contributed by atoms with Crippen molar-refractivity contribution in [3.8, 4) is 0 Å². The quantitative estimate of drug-likeness (QED) is 0.856. The van der Waals surface area contributed by atoms with Gasteiger partial charge in [0.25, 0.3) is 0 Å². The van der Waals surface area contributed by atoms with Crippen LogP contribution in [0.3, 0.4) is 0 Å². The molecule has 116 valence electrons. The van der Waals surface area contributed by atoms with E-state index in [1.54, 1.807) is 0 Å². The molecule has 2 heterocycles. The Hall–Kier alpha value is -1.25. The summed E-state index contributed by atoms with van der Waals surface area (Å²) in [5.41, 5.74) is 6.57. The molecule has 0 spiro atoms. The molecule has 5 nitrogen and oxygen atoms in total. The maximum atomic E-state index is 12.6. The SMILES string of the molecule is C[C@@H]1CCN(C(=O)CSc2nnc(N)s2)c2ccccc2S1. The molecule has 0 saturated heterocycles. The van der Waals surface area contributed by atoms with Gasteiger partial charge < -0.3 is 10.6 Å². The third-order valence-electron chi connectivity index (χ3n) is 3.29. The summed E-state index contributed by atoms with van der Waals surface area (Å²) >= 11 is 4.54. The molecule has 1 aliphatic heterocycles. The molecule has 3 rings (SSSR count). The summed E-state index contributed by atoms with van der Waals surface area (Å²) in [6, 6.07) is 8.10. The first kappa shape index (κ1) is 15.6. The summed E-state index contributed by atoms with van der Waals surface area (Å²) in [6.07, 6.45) is 0.988. The van der Waals surface area contributed by atoms with Crippen molar-refractivity contribution in [1.29, 1.82) is 0 Å². The van der Waals surface area contributed by atoms with E-state index in [-0.39, 0.29) is 5.91 Å². The van der Waals surface area contributed by atoms with E-state index < -0.39 is 0 Å². The molecular formula is C14H16N4OS3. The first-order valence-electron chi connectivity index (χ1n) is 6.91. The molecule has 0 aliphatic carbocycles. The van der Waals surface area contributed by atoms with Crippen molar-refractivity contribution in [2.45, 2.75) is 27.8 Å². The summed E-state index contributed by atoms with van der Waals surface area (Å²) in [5.74, 6) is 0.447. The molecule has 1 amide bonds. The summed E-state index contributed by atoms with van der Waals surface area (Å²) in [5, 5.41) is 8.64. The fraction of sp³-hybridized carbons (Fsp3) is 0.357. The topological polar surface area (TPSA) is 72.1 Å². The molecule has 8 heteroatoms. The van der Waals surface area contributed by atoms with E-state index in [2.05, 4.69) is 23.2 Å². The molecule has 1 aliphatic rings. The van der Waals surface area contributed by atoms with Crippen LogP contribution in [0.4, 0.5) is 10.8 Å². The van der Waals surface area contributed by atoms with Crippen LogP contribution in [-0.4, -0.2) is 33.7 Å². The number of thioether (sulfide) groups is 2. The summed E-state index contributed by atoms with van der Waals surface area (Å²) in [7, 11) is 0. The number of nitrogen functional groups attached to an aromatic ring is 1. The van der Waals surface area contributed by atoms with Gasteiger partial charge in [-0.2, -0.15) is 0 Å². The monoisotopic (exact) mass is 352 g/mol. The number of fused-ring (bicyclic) bond motifs is 1. The number of para-hydroxylation sites is 1. The van der Waals surface area contributed by atoms with E-state index in [1.807, 2.05) is 34.9 Å². The van der Waals surface area contributed by atoms with Gasteiger partial charge in [-0.05, 0) is 18.6 Å². The minimum atomic E-state index is 0.0981. The summed E-state index contributed by atoms with van der Waals surface area (Å²) in [4.78, 5) is 15.7. The highest BCUT2D eigenvalue weighted by molar-refractivity contribution is 8.01. The molecule has 0 radical (unpaired) electrons. The van der Waals surface area contributed by atoms with Crippen molar-refractivity contribution < 1.29 is 4.79 Å². The molecule has 1 atom stereocenters. The van der Waals surface area contributed by atoms with Crippen molar-refractivity contribution in [3.63, 3.8) is 0 Å². The minimum Gasteiger partial charge on any atom is -0.374 e. The van der Waals surface area contributed by atoms with Crippen LogP contribution in [0.2, 0.25) is 0 Å². The second-order valence-corrected chi connectivity index (χ2v) is 8.64. The van der Waals surface area contributed by atoms with Crippen molar-refractivity contribution in [3.05, 3.63) is 24.3 Å². The van der Waals surface area contributed by atoms with E-state index in [4.69, 9.17) is 5.73 Å². The molecule has 2 N–H and O–H groups in total. The standard InChI is InChI=1S/C14H16N4OS3/c1-9-6-7-18(10-4-2-3-5-11(10)21-9)12(19)8-20-14-17-16-13(15)22-14/h2-5,9H,6-8H2,1H3,(H2,15,16)/t9-/m1/s1. The largest absolute Gasteiger partial charge is 0.374 e. The molecule has 1 aromatic carbocycles. The maximum absolute atomic E-state index is 12.6. The maximum Gasteiger partial charge on any atom is 0.237 e. The van der Waals surface area contributed by atoms with Gasteiger partial charge in [-0.25, -0.2) is 0 Å². The second kappa shape index (κ2) is 6.89. The zero-order valence-electron chi connectivity index (χ0n) is 12.1. The van der Waals surface area contributed by atoms with Crippen LogP contribution < -0.4 is 10.6 Å². The Kier molecular flexibility index (Phi) is 4.90. The Morgan fingerprint density at radius 2 is 2.27 bits per heavy atom. The zero-order valence-corrected chi connectivity index (χ0v) is 14.5. The summed E-state index contributed by atoms with van der Waals surface area (Å²) < 4.78 is 0.733. The van der Waals surface area contributed by atoms with E-state index >= 15 is 0 Å². The van der Waals surface area contributed by atoms with E-state index in [1.165, 1.54) is 28.0 Å². The van der Waals surface area contributed by atoms with Crippen LogP contribution in [0.15, 0.2) is 33.5 Å². The number of benzene rings is 1. The van der Waals surface area contributed by atoms with Gasteiger partial charge in [-0.15, -0.1) is 22.0 Å². The van der Waals surface area contributed by atoms with Gasteiger partial charge in [0.15, 0.2) is 4.34 Å². The fourth-order valence-corrected chi connectivity index (χ4v) is 4.85. The van der Waals surface area contributed by atoms with Gasteiger partial charge in [-0.3, -0.25) is 4.79 Å². The van der Waals surface area contributed by atoms with E-state index in [0.717, 1.165) is 23.0 Å². The summed E-state index contributed by atoms with van der Waals surface area (Å²) in [6.45, 7) is 2.96. The lowest BCUT2D eigenvalue weighted by molar-refractivity contribution is -0.116. The Bertz CT molecular complexity index is 676. The zero-order chi connectivity index (χ0) is 15.5. The number of aromatic nitrogens is 2. The molecule has 1 aromatic heterocycles. The lowest BCUT2D eigenvalue weighted by Crippen LogP contribution is -2.33. The van der Waals surface area contributed by atoms with Crippen LogP contribution in [0.25, 0.3) is 0 Å². The molecule has 2 aromatic rings. The van der Waals surface area contributed by atoms with Gasteiger partial charge in [0.2, 0.25) is 11.0 Å². The first-order chi connectivity index (χ1) is 10.6. The number of carbonyl (C=O) groups excluding carboxylic acids is 1. The molecule has 22 heavy (non-hydrogen) atoms. The number of hydrogen-bond acceptors (Lipinski definition) is 7. The Labute approximate surface area is 141 Å².